The molecule has 1 unspecified atom stereocenters. The van der Waals surface area contributed by atoms with Crippen LogP contribution in [0.1, 0.15) is 61.4 Å². The van der Waals surface area contributed by atoms with E-state index in [0.717, 1.165) is 30.5 Å². The zero-order valence-corrected chi connectivity index (χ0v) is 21.1. The Labute approximate surface area is 200 Å². The van der Waals surface area contributed by atoms with Crippen LogP contribution in [0.2, 0.25) is 0 Å². The van der Waals surface area contributed by atoms with Gasteiger partial charge in [-0.05, 0) is 67.6 Å². The minimum Gasteiger partial charge on any atom is -0.598 e. The van der Waals surface area contributed by atoms with Crippen LogP contribution in [0.15, 0.2) is 29.1 Å². The molecule has 32 heavy (non-hydrogen) atoms. The maximum atomic E-state index is 13.0. The quantitative estimate of drug-likeness (QED) is 0.482. The molecule has 10 heteroatoms. The maximum Gasteiger partial charge on any atom is 0.360 e. The van der Waals surface area contributed by atoms with Gasteiger partial charge in [0, 0.05) is 41.8 Å². The maximum absolute atomic E-state index is 13.0. The van der Waals surface area contributed by atoms with E-state index in [1.54, 1.807) is 6.20 Å². The van der Waals surface area contributed by atoms with E-state index in [0.29, 0.717) is 23.5 Å². The van der Waals surface area contributed by atoms with Crippen molar-refractivity contribution in [1.82, 2.24) is 19.7 Å². The number of methoxy groups -OCH3 is 1. The SMILES string of the molecule is COC(=O)c1nc(Br)cnc1N1CCC2(CC1)Cc1ncccc1[C@H]2N[S+]([O-])C(C)(C)C. The summed E-state index contributed by atoms with van der Waals surface area (Å²) < 4.78 is 21.5. The fourth-order valence-corrected chi connectivity index (χ4v) is 5.78. The first-order valence-electron chi connectivity index (χ1n) is 10.6. The summed E-state index contributed by atoms with van der Waals surface area (Å²) in [6.07, 6.45) is 5.95. The molecule has 2 aliphatic rings. The van der Waals surface area contributed by atoms with E-state index >= 15 is 0 Å². The summed E-state index contributed by atoms with van der Waals surface area (Å²) in [6, 6.07) is 4.00. The molecule has 0 bridgehead atoms. The predicted molar refractivity (Wildman–Crippen MR) is 127 cm³/mol. The van der Waals surface area contributed by atoms with Crippen LogP contribution in [0.5, 0.6) is 0 Å². The summed E-state index contributed by atoms with van der Waals surface area (Å²) in [5, 5.41) is 0. The molecule has 4 rings (SSSR count). The third-order valence-electron chi connectivity index (χ3n) is 6.31. The molecule has 0 aromatic carbocycles. The summed E-state index contributed by atoms with van der Waals surface area (Å²) in [7, 11) is 1.34. The van der Waals surface area contributed by atoms with Crippen LogP contribution in [0, 0.1) is 5.41 Å². The molecule has 1 aliphatic heterocycles. The van der Waals surface area contributed by atoms with Crippen molar-refractivity contribution in [3.63, 3.8) is 0 Å². The van der Waals surface area contributed by atoms with Crippen LogP contribution in [0.3, 0.4) is 0 Å². The molecule has 2 aromatic rings. The number of hydrogen-bond acceptors (Lipinski definition) is 8. The number of esters is 1. The van der Waals surface area contributed by atoms with Crippen LogP contribution in [-0.4, -0.2) is 50.4 Å². The summed E-state index contributed by atoms with van der Waals surface area (Å²) in [5.41, 5.74) is 2.32. The van der Waals surface area contributed by atoms with Crippen molar-refractivity contribution in [3.8, 4) is 0 Å². The van der Waals surface area contributed by atoms with Gasteiger partial charge in [0.05, 0.1) is 19.3 Å². The van der Waals surface area contributed by atoms with Crippen LogP contribution in [0.4, 0.5) is 5.82 Å². The molecule has 1 N–H and O–H groups in total. The van der Waals surface area contributed by atoms with E-state index in [4.69, 9.17) is 4.74 Å². The Morgan fingerprint density at radius 2 is 2.06 bits per heavy atom. The van der Waals surface area contributed by atoms with Gasteiger partial charge in [-0.1, -0.05) is 6.07 Å². The lowest BCUT2D eigenvalue weighted by molar-refractivity contribution is 0.0593. The lowest BCUT2D eigenvalue weighted by Gasteiger charge is -2.44. The van der Waals surface area contributed by atoms with Gasteiger partial charge in [-0.2, -0.15) is 0 Å². The van der Waals surface area contributed by atoms with Gasteiger partial charge in [0.1, 0.15) is 9.35 Å². The lowest BCUT2D eigenvalue weighted by Crippen LogP contribution is -2.50. The van der Waals surface area contributed by atoms with Crippen molar-refractivity contribution in [2.45, 2.75) is 50.8 Å². The van der Waals surface area contributed by atoms with Gasteiger partial charge in [0.2, 0.25) is 0 Å². The molecule has 3 heterocycles. The average molecular weight is 522 g/mol. The number of hydrogen-bond donors (Lipinski definition) is 1. The van der Waals surface area contributed by atoms with Crippen LogP contribution in [-0.2, 0) is 22.5 Å². The number of ether oxygens (including phenoxy) is 1. The first-order chi connectivity index (χ1) is 15.1. The van der Waals surface area contributed by atoms with Gasteiger partial charge in [0.15, 0.2) is 11.5 Å². The van der Waals surface area contributed by atoms with Gasteiger partial charge in [-0.3, -0.25) is 4.98 Å². The highest BCUT2D eigenvalue weighted by Crippen LogP contribution is 2.52. The second-order valence-electron chi connectivity index (χ2n) is 9.35. The van der Waals surface area contributed by atoms with E-state index in [9.17, 15) is 9.35 Å². The highest BCUT2D eigenvalue weighted by atomic mass is 79.9. The zero-order valence-electron chi connectivity index (χ0n) is 18.7. The fraction of sp³-hybridized carbons (Fsp3) is 0.545. The lowest BCUT2D eigenvalue weighted by atomic mass is 9.73. The smallest absolute Gasteiger partial charge is 0.360 e. The molecule has 2 aromatic heterocycles. The van der Waals surface area contributed by atoms with Crippen molar-refractivity contribution in [2.24, 2.45) is 5.41 Å². The number of aromatic nitrogens is 3. The Balaban J connectivity index is 1.60. The number of carbonyl (C=O) groups excluding carboxylic acids is 1. The Kier molecular flexibility index (Phi) is 6.50. The van der Waals surface area contributed by atoms with Gasteiger partial charge in [-0.15, -0.1) is 4.72 Å². The van der Waals surface area contributed by atoms with Crippen LogP contribution in [0.25, 0.3) is 0 Å². The van der Waals surface area contributed by atoms with Crippen LogP contribution < -0.4 is 9.62 Å². The molecule has 0 radical (unpaired) electrons. The van der Waals surface area contributed by atoms with E-state index in [1.165, 1.54) is 7.11 Å². The topological polar surface area (TPSA) is 103 Å². The number of halogens is 1. The minimum absolute atomic E-state index is 0.0375. The summed E-state index contributed by atoms with van der Waals surface area (Å²) in [5.74, 6) is 0.0259. The van der Waals surface area contributed by atoms with E-state index in [-0.39, 0.29) is 21.9 Å². The number of piperidine rings is 1. The number of carbonyl (C=O) groups is 1. The molecule has 1 saturated heterocycles. The number of rotatable bonds is 4. The van der Waals surface area contributed by atoms with Gasteiger partial charge in [0.25, 0.3) is 0 Å². The van der Waals surface area contributed by atoms with Gasteiger partial charge < -0.3 is 14.2 Å². The van der Waals surface area contributed by atoms with Crippen molar-refractivity contribution in [1.29, 1.82) is 0 Å². The number of anilines is 1. The standard InChI is InChI=1S/C22H28BrN5O3S/c1-21(2,3)32(30)27-18-14-6-5-9-24-15(14)12-22(18)7-10-28(11-8-22)19-17(20(29)31-4)26-16(23)13-25-19/h5-6,9,13,18,27H,7-8,10-12H2,1-4H3/t18-,32?/m1/s1. The highest BCUT2D eigenvalue weighted by Gasteiger charge is 2.51. The molecule has 0 saturated carbocycles. The molecule has 1 spiro atoms. The Morgan fingerprint density at radius 1 is 1.34 bits per heavy atom. The molecular weight excluding hydrogens is 494 g/mol. The highest BCUT2D eigenvalue weighted by molar-refractivity contribution is 9.10. The molecule has 2 atom stereocenters. The molecule has 1 fully saturated rings. The monoisotopic (exact) mass is 521 g/mol. The second-order valence-corrected chi connectivity index (χ2v) is 12.2. The third-order valence-corrected chi connectivity index (χ3v) is 8.25. The predicted octanol–water partition coefficient (Wildman–Crippen LogP) is 3.36. The van der Waals surface area contributed by atoms with E-state index in [2.05, 4.69) is 46.6 Å². The normalized spacial score (nSPS) is 20.8. The van der Waals surface area contributed by atoms with Crippen LogP contribution >= 0.6 is 15.9 Å². The Morgan fingerprint density at radius 3 is 2.72 bits per heavy atom. The van der Waals surface area contributed by atoms with E-state index < -0.39 is 17.3 Å². The summed E-state index contributed by atoms with van der Waals surface area (Å²) in [6.45, 7) is 7.34. The summed E-state index contributed by atoms with van der Waals surface area (Å²) in [4.78, 5) is 27.7. The van der Waals surface area contributed by atoms with Gasteiger partial charge in [-0.25, -0.2) is 14.8 Å². The van der Waals surface area contributed by atoms with Gasteiger partial charge >= 0.3 is 5.97 Å². The molecular formula is C22H28BrN5O3S. The second kappa shape index (κ2) is 8.89. The first kappa shape index (κ1) is 23.4. The minimum atomic E-state index is -1.20. The third kappa shape index (κ3) is 4.37. The Bertz CT molecular complexity index is 1010. The van der Waals surface area contributed by atoms with Crippen molar-refractivity contribution < 1.29 is 14.1 Å². The fourth-order valence-electron chi connectivity index (χ4n) is 4.55. The average Bonchev–Trinajstić information content (AvgIpc) is 3.06. The Hall–Kier alpha value is -1.75. The number of nitrogens with one attached hydrogen (secondary N) is 1. The molecule has 1 aliphatic carbocycles. The van der Waals surface area contributed by atoms with E-state index in [1.807, 2.05) is 33.0 Å². The van der Waals surface area contributed by atoms with Crippen molar-refractivity contribution >= 4 is 39.1 Å². The largest absolute Gasteiger partial charge is 0.598 e. The number of fused-ring (bicyclic) bond motifs is 1. The molecule has 172 valence electrons. The molecule has 8 nitrogen and oxygen atoms in total. The number of nitrogens with zero attached hydrogens (tertiary/aromatic N) is 4. The number of pyridine rings is 1. The van der Waals surface area contributed by atoms with Crippen molar-refractivity contribution in [2.75, 3.05) is 25.1 Å². The molecule has 0 amide bonds. The van der Waals surface area contributed by atoms with Crippen molar-refractivity contribution in [3.05, 3.63) is 46.1 Å². The zero-order chi connectivity index (χ0) is 23.1. The summed E-state index contributed by atoms with van der Waals surface area (Å²) >= 11 is 2.09. The first-order valence-corrected chi connectivity index (χ1v) is 12.6.